The van der Waals surface area contributed by atoms with Gasteiger partial charge in [0.2, 0.25) is 5.91 Å². The lowest BCUT2D eigenvalue weighted by atomic mass is 9.96. The monoisotopic (exact) mass is 234 g/mol. The van der Waals surface area contributed by atoms with Crippen molar-refractivity contribution in [3.63, 3.8) is 0 Å². The molecule has 1 heterocycles. The van der Waals surface area contributed by atoms with Crippen LogP contribution in [0.3, 0.4) is 0 Å². The van der Waals surface area contributed by atoms with Crippen molar-refractivity contribution in [1.29, 1.82) is 0 Å². The van der Waals surface area contributed by atoms with Crippen molar-refractivity contribution in [3.05, 3.63) is 29.3 Å². The van der Waals surface area contributed by atoms with Crippen molar-refractivity contribution < 1.29 is 9.90 Å². The number of hydrogen-bond donors (Lipinski definition) is 2. The molecule has 0 aliphatic carbocycles. The van der Waals surface area contributed by atoms with Crippen LogP contribution in [0.4, 0.5) is 5.69 Å². The van der Waals surface area contributed by atoms with E-state index in [0.717, 1.165) is 23.2 Å². The molecule has 1 amide bonds. The molecule has 1 atom stereocenters. The summed E-state index contributed by atoms with van der Waals surface area (Å²) in [6.45, 7) is 0.0939. The van der Waals surface area contributed by atoms with Gasteiger partial charge in [-0.3, -0.25) is 4.79 Å². The first kappa shape index (κ1) is 12.1. The number of hydrogen-bond acceptors (Lipinski definition) is 3. The summed E-state index contributed by atoms with van der Waals surface area (Å²) >= 11 is 0. The summed E-state index contributed by atoms with van der Waals surface area (Å²) in [6.07, 6.45) is 1.90. The third-order valence-corrected chi connectivity index (χ3v) is 3.32. The molecule has 0 spiro atoms. The topological polar surface area (TPSA) is 66.6 Å². The molecule has 1 aromatic carbocycles. The Morgan fingerprint density at radius 1 is 1.47 bits per heavy atom. The van der Waals surface area contributed by atoms with Gasteiger partial charge in [-0.2, -0.15) is 0 Å². The highest BCUT2D eigenvalue weighted by Gasteiger charge is 2.21. The van der Waals surface area contributed by atoms with Gasteiger partial charge in [0.25, 0.3) is 0 Å². The summed E-state index contributed by atoms with van der Waals surface area (Å²) in [5.74, 6) is 0.157. The van der Waals surface area contributed by atoms with E-state index in [9.17, 15) is 4.79 Å². The molecule has 4 nitrogen and oxygen atoms in total. The second kappa shape index (κ2) is 4.85. The van der Waals surface area contributed by atoms with Gasteiger partial charge < -0.3 is 15.7 Å². The summed E-state index contributed by atoms with van der Waals surface area (Å²) in [5.41, 5.74) is 9.13. The first-order chi connectivity index (χ1) is 8.13. The van der Waals surface area contributed by atoms with Crippen LogP contribution in [-0.2, 0) is 11.2 Å². The number of aryl methyl sites for hydroxylation is 1. The van der Waals surface area contributed by atoms with E-state index in [4.69, 9.17) is 10.8 Å². The molecule has 0 bridgehead atoms. The van der Waals surface area contributed by atoms with Crippen LogP contribution >= 0.6 is 0 Å². The maximum Gasteiger partial charge on any atom is 0.227 e. The Morgan fingerprint density at radius 2 is 2.24 bits per heavy atom. The highest BCUT2D eigenvalue weighted by atomic mass is 16.3. The van der Waals surface area contributed by atoms with Crippen LogP contribution < -0.4 is 10.6 Å². The van der Waals surface area contributed by atoms with Crippen molar-refractivity contribution in [1.82, 2.24) is 0 Å². The first-order valence-electron chi connectivity index (χ1n) is 5.89. The fraction of sp³-hybridized carbons (Fsp3) is 0.462. The van der Waals surface area contributed by atoms with Gasteiger partial charge in [0, 0.05) is 31.8 Å². The number of carbonyl (C=O) groups excluding carboxylic acids is 1. The molecule has 1 aromatic rings. The molecular weight excluding hydrogens is 216 g/mol. The molecule has 4 heteroatoms. The minimum absolute atomic E-state index is 0.0939. The van der Waals surface area contributed by atoms with Gasteiger partial charge in [-0.1, -0.05) is 12.1 Å². The molecule has 0 aromatic heterocycles. The number of nitrogens with zero attached hydrogens (tertiary/aromatic N) is 1. The van der Waals surface area contributed by atoms with Gasteiger partial charge >= 0.3 is 0 Å². The van der Waals surface area contributed by atoms with E-state index >= 15 is 0 Å². The molecule has 92 valence electrons. The fourth-order valence-corrected chi connectivity index (χ4v) is 2.21. The van der Waals surface area contributed by atoms with Gasteiger partial charge in [0.1, 0.15) is 0 Å². The lowest BCUT2D eigenvalue weighted by Gasteiger charge is -2.26. The quantitative estimate of drug-likeness (QED) is 0.819. The summed E-state index contributed by atoms with van der Waals surface area (Å²) in [6, 6.07) is 5.81. The SMILES string of the molecule is CN1C(=O)CCc2cc(C(N)CCO)ccc21. The molecule has 0 fully saturated rings. The van der Waals surface area contributed by atoms with Crippen LogP contribution in [0.15, 0.2) is 18.2 Å². The zero-order chi connectivity index (χ0) is 12.4. The van der Waals surface area contributed by atoms with Crippen LogP contribution in [0.5, 0.6) is 0 Å². The van der Waals surface area contributed by atoms with E-state index in [0.29, 0.717) is 12.8 Å². The van der Waals surface area contributed by atoms with E-state index in [1.807, 2.05) is 12.1 Å². The highest BCUT2D eigenvalue weighted by molar-refractivity contribution is 5.95. The van der Waals surface area contributed by atoms with Gasteiger partial charge in [0.15, 0.2) is 0 Å². The minimum atomic E-state index is -0.131. The molecule has 17 heavy (non-hydrogen) atoms. The van der Waals surface area contributed by atoms with Gasteiger partial charge in [-0.15, -0.1) is 0 Å². The zero-order valence-electron chi connectivity index (χ0n) is 10.0. The first-order valence-corrected chi connectivity index (χ1v) is 5.89. The standard InChI is InChI=1S/C13H18N2O2/c1-15-12-4-2-9(11(14)6-7-16)8-10(12)3-5-13(15)17/h2,4,8,11,16H,3,5-7,14H2,1H3. The average molecular weight is 234 g/mol. The lowest BCUT2D eigenvalue weighted by Crippen LogP contribution is -2.31. The van der Waals surface area contributed by atoms with Crippen molar-refractivity contribution >= 4 is 11.6 Å². The smallest absolute Gasteiger partial charge is 0.227 e. The number of rotatable bonds is 3. The highest BCUT2D eigenvalue weighted by Crippen LogP contribution is 2.29. The predicted octanol–water partition coefficient (Wildman–Crippen LogP) is 0.978. The number of anilines is 1. The van der Waals surface area contributed by atoms with E-state index in [1.165, 1.54) is 0 Å². The van der Waals surface area contributed by atoms with Crippen LogP contribution in [0.2, 0.25) is 0 Å². The van der Waals surface area contributed by atoms with Gasteiger partial charge in [-0.25, -0.2) is 0 Å². The summed E-state index contributed by atoms with van der Waals surface area (Å²) in [7, 11) is 1.80. The normalized spacial score (nSPS) is 16.9. The summed E-state index contributed by atoms with van der Waals surface area (Å²) in [4.78, 5) is 13.2. The van der Waals surface area contributed by atoms with Gasteiger partial charge in [0.05, 0.1) is 0 Å². The Balaban J connectivity index is 2.29. The number of carbonyl (C=O) groups is 1. The third kappa shape index (κ3) is 2.33. The third-order valence-electron chi connectivity index (χ3n) is 3.32. The Morgan fingerprint density at radius 3 is 2.94 bits per heavy atom. The molecule has 1 unspecified atom stereocenters. The van der Waals surface area contributed by atoms with Crippen molar-refractivity contribution in [2.45, 2.75) is 25.3 Å². The second-order valence-electron chi connectivity index (χ2n) is 4.46. The maximum absolute atomic E-state index is 11.5. The van der Waals surface area contributed by atoms with Crippen molar-refractivity contribution in [2.24, 2.45) is 5.73 Å². The number of aliphatic hydroxyl groups excluding tert-OH is 1. The largest absolute Gasteiger partial charge is 0.396 e. The molecule has 1 aliphatic rings. The Hall–Kier alpha value is -1.39. The Labute approximate surface area is 101 Å². The van der Waals surface area contributed by atoms with Crippen LogP contribution in [-0.4, -0.2) is 24.7 Å². The number of fused-ring (bicyclic) bond motifs is 1. The fourth-order valence-electron chi connectivity index (χ4n) is 2.21. The predicted molar refractivity (Wildman–Crippen MR) is 66.8 cm³/mol. The van der Waals surface area contributed by atoms with Gasteiger partial charge in [-0.05, 0) is 30.0 Å². The second-order valence-corrected chi connectivity index (χ2v) is 4.46. The lowest BCUT2D eigenvalue weighted by molar-refractivity contribution is -0.118. The molecule has 3 N–H and O–H groups in total. The van der Waals surface area contributed by atoms with E-state index < -0.39 is 0 Å². The zero-order valence-corrected chi connectivity index (χ0v) is 10.0. The number of benzene rings is 1. The van der Waals surface area contributed by atoms with E-state index in [2.05, 4.69) is 6.07 Å². The molecular formula is C13H18N2O2. The maximum atomic E-state index is 11.5. The van der Waals surface area contributed by atoms with Crippen LogP contribution in [0, 0.1) is 0 Å². The number of aliphatic hydroxyl groups is 1. The average Bonchev–Trinajstić information content (AvgIpc) is 2.34. The van der Waals surface area contributed by atoms with Crippen molar-refractivity contribution in [2.75, 3.05) is 18.6 Å². The molecule has 1 aliphatic heterocycles. The van der Waals surface area contributed by atoms with E-state index in [1.54, 1.807) is 11.9 Å². The number of amides is 1. The molecule has 0 saturated heterocycles. The minimum Gasteiger partial charge on any atom is -0.396 e. The van der Waals surface area contributed by atoms with Crippen LogP contribution in [0.1, 0.15) is 30.0 Å². The van der Waals surface area contributed by atoms with Crippen molar-refractivity contribution in [3.8, 4) is 0 Å². The Bertz CT molecular complexity index is 431. The summed E-state index contributed by atoms with van der Waals surface area (Å²) < 4.78 is 0. The van der Waals surface area contributed by atoms with E-state index in [-0.39, 0.29) is 18.6 Å². The van der Waals surface area contributed by atoms with Crippen LogP contribution in [0.25, 0.3) is 0 Å². The molecule has 2 rings (SSSR count). The molecule has 0 radical (unpaired) electrons. The Kier molecular flexibility index (Phi) is 3.45. The summed E-state index contributed by atoms with van der Waals surface area (Å²) in [5, 5.41) is 8.88. The molecule has 0 saturated carbocycles. The number of nitrogens with two attached hydrogens (primary N) is 1.